The number of benzene rings is 1. The molecule has 1 amide bonds. The standard InChI is InChI=1S/C16H21NO4/c1-9-5-6-10(14(18)19)7-11(9)12-8-13(12)17-15(20)21-16(2,3)4/h5-7,12-13H,8H2,1-4H3,(H,17,20)(H,18,19). The third-order valence-electron chi connectivity index (χ3n) is 3.42. The van der Waals surface area contributed by atoms with Gasteiger partial charge in [0.1, 0.15) is 5.60 Å². The third-order valence-corrected chi connectivity index (χ3v) is 3.42. The zero-order valence-corrected chi connectivity index (χ0v) is 12.8. The van der Waals surface area contributed by atoms with Crippen molar-refractivity contribution in [3.8, 4) is 0 Å². The van der Waals surface area contributed by atoms with Crippen molar-refractivity contribution in [1.82, 2.24) is 5.32 Å². The van der Waals surface area contributed by atoms with Crippen molar-refractivity contribution in [2.75, 3.05) is 0 Å². The lowest BCUT2D eigenvalue weighted by atomic mass is 10.0. The second-order valence-corrected chi connectivity index (χ2v) is 6.47. The smallest absolute Gasteiger partial charge is 0.407 e. The topological polar surface area (TPSA) is 75.6 Å². The van der Waals surface area contributed by atoms with Crippen LogP contribution in [0.1, 0.15) is 54.6 Å². The van der Waals surface area contributed by atoms with E-state index in [-0.39, 0.29) is 17.5 Å². The fraction of sp³-hybridized carbons (Fsp3) is 0.500. The molecule has 0 aliphatic heterocycles. The van der Waals surface area contributed by atoms with Crippen LogP contribution in [0.15, 0.2) is 18.2 Å². The van der Waals surface area contributed by atoms with Crippen LogP contribution in [0.2, 0.25) is 0 Å². The largest absolute Gasteiger partial charge is 0.478 e. The van der Waals surface area contributed by atoms with E-state index in [0.29, 0.717) is 0 Å². The molecular formula is C16H21NO4. The van der Waals surface area contributed by atoms with Crippen molar-refractivity contribution >= 4 is 12.1 Å². The summed E-state index contributed by atoms with van der Waals surface area (Å²) in [6.07, 6.45) is 0.380. The minimum absolute atomic E-state index is 0.0163. The minimum atomic E-state index is -0.937. The SMILES string of the molecule is Cc1ccc(C(=O)O)cc1C1CC1NC(=O)OC(C)(C)C. The number of ether oxygens (including phenoxy) is 1. The van der Waals surface area contributed by atoms with Crippen LogP contribution in [0.25, 0.3) is 0 Å². The summed E-state index contributed by atoms with van der Waals surface area (Å²) in [5.41, 5.74) is 1.78. The predicted molar refractivity (Wildman–Crippen MR) is 78.7 cm³/mol. The van der Waals surface area contributed by atoms with Gasteiger partial charge in [-0.1, -0.05) is 6.07 Å². The van der Waals surface area contributed by atoms with Crippen LogP contribution < -0.4 is 5.32 Å². The first kappa shape index (κ1) is 15.4. The van der Waals surface area contributed by atoms with E-state index in [4.69, 9.17) is 9.84 Å². The van der Waals surface area contributed by atoms with E-state index >= 15 is 0 Å². The van der Waals surface area contributed by atoms with Crippen molar-refractivity contribution in [3.05, 3.63) is 34.9 Å². The Morgan fingerprint density at radius 1 is 1.33 bits per heavy atom. The fourth-order valence-corrected chi connectivity index (χ4v) is 2.33. The van der Waals surface area contributed by atoms with E-state index < -0.39 is 17.7 Å². The number of aromatic carboxylic acids is 1. The first-order valence-electron chi connectivity index (χ1n) is 7.01. The Morgan fingerprint density at radius 3 is 2.57 bits per heavy atom. The van der Waals surface area contributed by atoms with Gasteiger partial charge in [0.05, 0.1) is 5.56 Å². The maximum Gasteiger partial charge on any atom is 0.407 e. The molecule has 1 fully saturated rings. The fourth-order valence-electron chi connectivity index (χ4n) is 2.33. The molecule has 1 aromatic rings. The summed E-state index contributed by atoms with van der Waals surface area (Å²) in [4.78, 5) is 22.8. The van der Waals surface area contributed by atoms with E-state index in [9.17, 15) is 9.59 Å². The highest BCUT2D eigenvalue weighted by atomic mass is 16.6. The Hall–Kier alpha value is -2.04. The third kappa shape index (κ3) is 3.97. The van der Waals surface area contributed by atoms with Gasteiger partial charge < -0.3 is 15.2 Å². The van der Waals surface area contributed by atoms with Gasteiger partial charge in [0.25, 0.3) is 0 Å². The molecule has 5 heteroatoms. The second kappa shape index (κ2) is 5.39. The van der Waals surface area contributed by atoms with Crippen LogP contribution in [-0.2, 0) is 4.74 Å². The quantitative estimate of drug-likeness (QED) is 0.897. The Bertz CT molecular complexity index is 574. The maximum absolute atomic E-state index is 11.7. The average Bonchev–Trinajstić information content (AvgIpc) is 3.05. The van der Waals surface area contributed by atoms with Gasteiger partial charge in [-0.2, -0.15) is 0 Å². The number of nitrogens with one attached hydrogen (secondary N) is 1. The van der Waals surface area contributed by atoms with Crippen LogP contribution in [-0.4, -0.2) is 28.8 Å². The van der Waals surface area contributed by atoms with E-state index in [0.717, 1.165) is 17.5 Å². The van der Waals surface area contributed by atoms with Gasteiger partial charge in [0.15, 0.2) is 0 Å². The maximum atomic E-state index is 11.7. The number of amides is 1. The normalized spacial score (nSPS) is 20.8. The molecule has 1 aliphatic rings. The molecule has 2 unspecified atom stereocenters. The molecule has 2 N–H and O–H groups in total. The lowest BCUT2D eigenvalue weighted by Crippen LogP contribution is -2.34. The predicted octanol–water partition coefficient (Wildman–Crippen LogP) is 3.07. The Balaban J connectivity index is 2.02. The van der Waals surface area contributed by atoms with Gasteiger partial charge in [-0.05, 0) is 57.4 Å². The van der Waals surface area contributed by atoms with Gasteiger partial charge in [0, 0.05) is 12.0 Å². The number of hydrogen-bond acceptors (Lipinski definition) is 3. The lowest BCUT2D eigenvalue weighted by Gasteiger charge is -2.19. The van der Waals surface area contributed by atoms with Crippen LogP contribution in [0.3, 0.4) is 0 Å². The molecule has 2 rings (SSSR count). The number of carboxylic acid groups (broad SMARTS) is 1. The second-order valence-electron chi connectivity index (χ2n) is 6.47. The number of alkyl carbamates (subject to hydrolysis) is 1. The summed E-state index contributed by atoms with van der Waals surface area (Å²) >= 11 is 0. The highest BCUT2D eigenvalue weighted by molar-refractivity contribution is 5.88. The molecular weight excluding hydrogens is 270 g/mol. The Kier molecular flexibility index (Phi) is 3.94. The Labute approximate surface area is 124 Å². The van der Waals surface area contributed by atoms with Crippen molar-refractivity contribution < 1.29 is 19.4 Å². The summed E-state index contributed by atoms with van der Waals surface area (Å²) in [5.74, 6) is -0.773. The van der Waals surface area contributed by atoms with E-state index in [1.807, 2.05) is 33.8 Å². The molecule has 1 aliphatic carbocycles. The molecule has 21 heavy (non-hydrogen) atoms. The molecule has 5 nitrogen and oxygen atoms in total. The van der Waals surface area contributed by atoms with Gasteiger partial charge in [-0.15, -0.1) is 0 Å². The van der Waals surface area contributed by atoms with E-state index in [1.54, 1.807) is 12.1 Å². The van der Waals surface area contributed by atoms with Crippen molar-refractivity contribution in [2.45, 2.75) is 51.7 Å². The number of carbonyl (C=O) groups excluding carboxylic acids is 1. The van der Waals surface area contributed by atoms with E-state index in [2.05, 4.69) is 5.32 Å². The summed E-state index contributed by atoms with van der Waals surface area (Å²) < 4.78 is 5.22. The van der Waals surface area contributed by atoms with Crippen LogP contribution in [0.4, 0.5) is 4.79 Å². The zero-order chi connectivity index (χ0) is 15.8. The van der Waals surface area contributed by atoms with Crippen molar-refractivity contribution in [2.24, 2.45) is 0 Å². The monoisotopic (exact) mass is 291 g/mol. The number of carbonyl (C=O) groups is 2. The number of aryl methyl sites for hydroxylation is 1. The molecule has 0 bridgehead atoms. The lowest BCUT2D eigenvalue weighted by molar-refractivity contribution is 0.0522. The summed E-state index contributed by atoms with van der Waals surface area (Å²) in [7, 11) is 0. The number of hydrogen-bond donors (Lipinski definition) is 2. The molecule has 0 saturated heterocycles. The summed E-state index contributed by atoms with van der Waals surface area (Å²) in [5, 5.41) is 11.9. The molecule has 1 saturated carbocycles. The van der Waals surface area contributed by atoms with Gasteiger partial charge in [-0.3, -0.25) is 0 Å². The minimum Gasteiger partial charge on any atom is -0.478 e. The molecule has 2 atom stereocenters. The molecule has 0 heterocycles. The van der Waals surface area contributed by atoms with E-state index in [1.165, 1.54) is 0 Å². The van der Waals surface area contributed by atoms with Crippen LogP contribution >= 0.6 is 0 Å². The number of carboxylic acids is 1. The van der Waals surface area contributed by atoms with Crippen molar-refractivity contribution in [1.29, 1.82) is 0 Å². The van der Waals surface area contributed by atoms with Gasteiger partial charge in [-0.25, -0.2) is 9.59 Å². The van der Waals surface area contributed by atoms with Gasteiger partial charge >= 0.3 is 12.1 Å². The molecule has 0 radical (unpaired) electrons. The first-order valence-corrected chi connectivity index (χ1v) is 7.01. The highest BCUT2D eigenvalue weighted by Crippen LogP contribution is 2.42. The summed E-state index contributed by atoms with van der Waals surface area (Å²) in [6.45, 7) is 7.40. The van der Waals surface area contributed by atoms with Crippen LogP contribution in [0, 0.1) is 6.92 Å². The van der Waals surface area contributed by atoms with Crippen LogP contribution in [0.5, 0.6) is 0 Å². The zero-order valence-electron chi connectivity index (χ0n) is 12.8. The molecule has 0 spiro atoms. The van der Waals surface area contributed by atoms with Gasteiger partial charge in [0.2, 0.25) is 0 Å². The Morgan fingerprint density at radius 2 is 2.00 bits per heavy atom. The molecule has 0 aromatic heterocycles. The first-order chi connectivity index (χ1) is 9.67. The molecule has 1 aromatic carbocycles. The number of rotatable bonds is 3. The van der Waals surface area contributed by atoms with Crippen molar-refractivity contribution in [3.63, 3.8) is 0 Å². The summed E-state index contributed by atoms with van der Waals surface area (Å²) in [6, 6.07) is 5.11. The highest BCUT2D eigenvalue weighted by Gasteiger charge is 2.41. The average molecular weight is 291 g/mol. The molecule has 114 valence electrons.